The molecule has 4 N–H and O–H groups in total. The van der Waals surface area contributed by atoms with Gasteiger partial charge in [0.1, 0.15) is 6.04 Å². The molecular weight excluding hydrogens is 390 g/mol. The zero-order valence-electron chi connectivity index (χ0n) is 16.1. The minimum absolute atomic E-state index is 0.0276. The number of rotatable bonds is 7. The highest BCUT2D eigenvalue weighted by atomic mass is 16.4. The molecule has 9 heteroatoms. The molecule has 1 heterocycles. The molecule has 0 aliphatic rings. The van der Waals surface area contributed by atoms with Crippen LogP contribution in [0.5, 0.6) is 0 Å². The Bertz CT molecular complexity index is 1180. The van der Waals surface area contributed by atoms with Gasteiger partial charge in [0.25, 0.3) is 5.56 Å². The maximum Gasteiger partial charge on any atom is 0.329 e. The molecule has 30 heavy (non-hydrogen) atoms. The lowest BCUT2D eigenvalue weighted by Crippen LogP contribution is -2.52. The van der Waals surface area contributed by atoms with E-state index in [0.717, 1.165) is 4.57 Å². The monoisotopic (exact) mass is 411 g/mol. The van der Waals surface area contributed by atoms with Crippen LogP contribution in [0, 0.1) is 0 Å². The molecule has 0 bridgehead atoms. The van der Waals surface area contributed by atoms with Crippen LogP contribution in [0.2, 0.25) is 0 Å². The fraction of sp³-hybridized carbons (Fsp3) is 0.238. The second-order valence-electron chi connectivity index (χ2n) is 6.92. The number of aliphatic hydroxyl groups is 1. The van der Waals surface area contributed by atoms with E-state index >= 15 is 0 Å². The number of amides is 1. The van der Waals surface area contributed by atoms with Gasteiger partial charge in [0.15, 0.2) is 6.04 Å². The normalized spacial score (nSPS) is 14.1. The summed E-state index contributed by atoms with van der Waals surface area (Å²) in [6, 6.07) is 12.2. The number of aromatic nitrogens is 2. The molecule has 0 spiro atoms. The summed E-state index contributed by atoms with van der Waals surface area (Å²) in [6.45, 7) is 1.22. The maximum absolute atomic E-state index is 13.0. The van der Waals surface area contributed by atoms with Crippen molar-refractivity contribution in [3.63, 3.8) is 0 Å². The highest BCUT2D eigenvalue weighted by Crippen LogP contribution is 2.14. The number of hydrogen-bond donors (Lipinski definition) is 4. The first-order chi connectivity index (χ1) is 14.3. The summed E-state index contributed by atoms with van der Waals surface area (Å²) in [4.78, 5) is 52.7. The number of benzene rings is 2. The van der Waals surface area contributed by atoms with Gasteiger partial charge in [-0.1, -0.05) is 42.5 Å². The summed E-state index contributed by atoms with van der Waals surface area (Å²) in [5.74, 6) is -2.30. The number of H-pyrrole nitrogens is 1. The zero-order chi connectivity index (χ0) is 21.8. The van der Waals surface area contributed by atoms with Gasteiger partial charge < -0.3 is 20.5 Å². The van der Waals surface area contributed by atoms with E-state index in [4.69, 9.17) is 0 Å². The fourth-order valence-electron chi connectivity index (χ4n) is 3.24. The van der Waals surface area contributed by atoms with Gasteiger partial charge >= 0.3 is 11.7 Å². The van der Waals surface area contributed by atoms with Crippen LogP contribution in [0.3, 0.4) is 0 Å². The van der Waals surface area contributed by atoms with Gasteiger partial charge in [-0.2, -0.15) is 0 Å². The van der Waals surface area contributed by atoms with Crippen molar-refractivity contribution in [2.45, 2.75) is 31.5 Å². The minimum Gasteiger partial charge on any atom is -0.480 e. The van der Waals surface area contributed by atoms with Crippen molar-refractivity contribution in [2.24, 2.45) is 0 Å². The van der Waals surface area contributed by atoms with Crippen LogP contribution >= 0.6 is 0 Å². The number of para-hydroxylation sites is 1. The number of fused-ring (bicyclic) bond motifs is 1. The second-order valence-corrected chi connectivity index (χ2v) is 6.92. The first-order valence-electron chi connectivity index (χ1n) is 9.28. The molecule has 0 saturated carbocycles. The van der Waals surface area contributed by atoms with Crippen LogP contribution < -0.4 is 16.6 Å². The number of aliphatic hydroxyl groups excluding tert-OH is 1. The standard InChI is InChI=1S/C21H21N3O6/c1-12(25)17(20(28)29)23-18(26)16(11-13-7-3-2-4-8-13)24-19(27)14-9-5-6-10-15(14)22-21(24)30/h2-10,12,16-17,25H,11H2,1H3,(H,22,30)(H,23,26)(H,28,29)/t12-,16+,17-/m0/s1. The van der Waals surface area contributed by atoms with Crippen molar-refractivity contribution in [2.75, 3.05) is 0 Å². The van der Waals surface area contributed by atoms with Gasteiger partial charge in [0, 0.05) is 6.42 Å². The summed E-state index contributed by atoms with van der Waals surface area (Å²) in [6.07, 6.45) is -1.41. The second kappa shape index (κ2) is 8.75. The fourth-order valence-corrected chi connectivity index (χ4v) is 3.24. The number of carbonyl (C=O) groups excluding carboxylic acids is 1. The van der Waals surface area contributed by atoms with Crippen molar-refractivity contribution in [3.05, 3.63) is 81.0 Å². The highest BCUT2D eigenvalue weighted by molar-refractivity contribution is 5.87. The van der Waals surface area contributed by atoms with Crippen molar-refractivity contribution < 1.29 is 19.8 Å². The van der Waals surface area contributed by atoms with E-state index in [-0.39, 0.29) is 11.8 Å². The number of nitrogens with zero attached hydrogens (tertiary/aromatic N) is 1. The summed E-state index contributed by atoms with van der Waals surface area (Å²) in [7, 11) is 0. The smallest absolute Gasteiger partial charge is 0.329 e. The summed E-state index contributed by atoms with van der Waals surface area (Å²) in [5.41, 5.74) is -0.468. The Labute approximate surface area is 170 Å². The molecule has 0 aliphatic heterocycles. The quantitative estimate of drug-likeness (QED) is 0.444. The van der Waals surface area contributed by atoms with E-state index < -0.39 is 41.3 Å². The number of hydrogen-bond acceptors (Lipinski definition) is 5. The number of carboxylic acids is 1. The Morgan fingerprint density at radius 3 is 2.33 bits per heavy atom. The SMILES string of the molecule is C[C@H](O)[C@H](NC(=O)[C@@H](Cc1ccccc1)n1c(=O)[nH]c2ccccc2c1=O)C(=O)O. The van der Waals surface area contributed by atoms with E-state index in [1.54, 1.807) is 48.5 Å². The molecule has 3 aromatic rings. The van der Waals surface area contributed by atoms with Crippen molar-refractivity contribution in [1.29, 1.82) is 0 Å². The number of carboxylic acid groups (broad SMARTS) is 1. The maximum atomic E-state index is 13.0. The Balaban J connectivity index is 2.12. The van der Waals surface area contributed by atoms with Crippen LogP contribution in [0.25, 0.3) is 10.9 Å². The van der Waals surface area contributed by atoms with Crippen molar-refractivity contribution in [1.82, 2.24) is 14.9 Å². The predicted molar refractivity (Wildman–Crippen MR) is 109 cm³/mol. The highest BCUT2D eigenvalue weighted by Gasteiger charge is 2.31. The van der Waals surface area contributed by atoms with Gasteiger partial charge in [-0.15, -0.1) is 0 Å². The number of nitrogens with one attached hydrogen (secondary N) is 2. The molecule has 156 valence electrons. The average Bonchev–Trinajstić information content (AvgIpc) is 2.71. The third kappa shape index (κ3) is 4.31. The van der Waals surface area contributed by atoms with E-state index in [9.17, 15) is 29.4 Å². The molecule has 2 aromatic carbocycles. The van der Waals surface area contributed by atoms with Gasteiger partial charge in [-0.25, -0.2) is 14.2 Å². The number of carbonyl (C=O) groups is 2. The van der Waals surface area contributed by atoms with Gasteiger partial charge in [-0.05, 0) is 24.6 Å². The van der Waals surface area contributed by atoms with Crippen LogP contribution in [0.1, 0.15) is 18.5 Å². The lowest BCUT2D eigenvalue weighted by molar-refractivity contribution is -0.145. The molecule has 3 atom stereocenters. The van der Waals surface area contributed by atoms with Crippen LogP contribution in [0.4, 0.5) is 0 Å². The summed E-state index contributed by atoms with van der Waals surface area (Å²) in [5, 5.41) is 21.4. The van der Waals surface area contributed by atoms with E-state index in [2.05, 4.69) is 10.3 Å². The predicted octanol–water partition coefficient (Wildman–Crippen LogP) is 0.424. The van der Waals surface area contributed by atoms with Gasteiger partial charge in [0.05, 0.1) is 17.0 Å². The molecule has 1 aromatic heterocycles. The first kappa shape index (κ1) is 21.0. The lowest BCUT2D eigenvalue weighted by atomic mass is 10.0. The molecule has 0 aliphatic carbocycles. The number of aromatic amines is 1. The number of aliphatic carboxylic acids is 1. The van der Waals surface area contributed by atoms with E-state index in [1.807, 2.05) is 0 Å². The zero-order valence-corrected chi connectivity index (χ0v) is 16.1. The molecule has 0 saturated heterocycles. The summed E-state index contributed by atoms with van der Waals surface area (Å²) < 4.78 is 0.783. The minimum atomic E-state index is -1.59. The van der Waals surface area contributed by atoms with E-state index in [0.29, 0.717) is 11.1 Å². The largest absolute Gasteiger partial charge is 0.480 e. The van der Waals surface area contributed by atoms with Crippen molar-refractivity contribution in [3.8, 4) is 0 Å². The van der Waals surface area contributed by atoms with E-state index in [1.165, 1.54) is 13.0 Å². The summed E-state index contributed by atoms with van der Waals surface area (Å²) >= 11 is 0. The van der Waals surface area contributed by atoms with Gasteiger partial charge in [-0.3, -0.25) is 9.59 Å². The molecular formula is C21H21N3O6. The third-order valence-electron chi connectivity index (χ3n) is 4.77. The van der Waals surface area contributed by atoms with Crippen LogP contribution in [0.15, 0.2) is 64.2 Å². The van der Waals surface area contributed by atoms with Crippen LogP contribution in [-0.2, 0) is 16.0 Å². The van der Waals surface area contributed by atoms with Crippen LogP contribution in [-0.4, -0.2) is 43.8 Å². The molecule has 9 nitrogen and oxygen atoms in total. The Hall–Kier alpha value is -3.72. The Morgan fingerprint density at radius 1 is 1.07 bits per heavy atom. The van der Waals surface area contributed by atoms with Crippen molar-refractivity contribution >= 4 is 22.8 Å². The molecule has 3 rings (SSSR count). The topological polar surface area (TPSA) is 141 Å². The Morgan fingerprint density at radius 2 is 1.70 bits per heavy atom. The lowest BCUT2D eigenvalue weighted by Gasteiger charge is -2.23. The van der Waals surface area contributed by atoms with Gasteiger partial charge in [0.2, 0.25) is 5.91 Å². The first-order valence-corrected chi connectivity index (χ1v) is 9.28. The molecule has 0 radical (unpaired) electrons. The average molecular weight is 411 g/mol. The Kier molecular flexibility index (Phi) is 6.12. The third-order valence-corrected chi connectivity index (χ3v) is 4.77. The molecule has 0 fully saturated rings. The molecule has 1 amide bonds. The molecule has 0 unspecified atom stereocenters.